The first-order valence-corrected chi connectivity index (χ1v) is 7.12. The lowest BCUT2D eigenvalue weighted by atomic mass is 9.99. The van der Waals surface area contributed by atoms with E-state index in [1.54, 1.807) is 17.4 Å². The number of aromatic hydroxyl groups is 1. The lowest BCUT2D eigenvalue weighted by Gasteiger charge is -2.07. The second-order valence-corrected chi connectivity index (χ2v) is 6.16. The van der Waals surface area contributed by atoms with Gasteiger partial charge in [0.25, 0.3) is 0 Å². The van der Waals surface area contributed by atoms with Gasteiger partial charge in [-0.05, 0) is 60.2 Å². The molecule has 1 heterocycles. The van der Waals surface area contributed by atoms with Crippen LogP contribution in [0.25, 0.3) is 26.1 Å². The van der Waals surface area contributed by atoms with E-state index in [4.69, 9.17) is 6.57 Å². The summed E-state index contributed by atoms with van der Waals surface area (Å²) in [4.78, 5) is 4.77. The van der Waals surface area contributed by atoms with Crippen LogP contribution in [-0.4, -0.2) is 5.11 Å². The molecule has 0 radical (unpaired) electrons. The molecule has 20 heavy (non-hydrogen) atoms. The topological polar surface area (TPSA) is 24.6 Å². The summed E-state index contributed by atoms with van der Waals surface area (Å²) < 4.78 is 1.12. The average molecular weight is 279 g/mol. The standard InChI is InChI=1S/C17H13NOS/c1-10-4-5-12(7-16(10)19)14-8-13(18-3)9-17-15(14)6-11(2)20-17/h4-9,19H,1-2H3. The van der Waals surface area contributed by atoms with Crippen molar-refractivity contribution in [3.05, 3.63) is 58.3 Å². The van der Waals surface area contributed by atoms with Crippen LogP contribution in [-0.2, 0) is 0 Å². The summed E-state index contributed by atoms with van der Waals surface area (Å²) in [7, 11) is 0. The second-order valence-electron chi connectivity index (χ2n) is 4.88. The minimum Gasteiger partial charge on any atom is -0.508 e. The highest BCUT2D eigenvalue weighted by Gasteiger charge is 2.10. The van der Waals surface area contributed by atoms with Gasteiger partial charge in [-0.15, -0.1) is 11.3 Å². The van der Waals surface area contributed by atoms with Crippen molar-refractivity contribution in [1.82, 2.24) is 0 Å². The van der Waals surface area contributed by atoms with Crippen LogP contribution in [0.1, 0.15) is 10.4 Å². The van der Waals surface area contributed by atoms with Gasteiger partial charge in [0.2, 0.25) is 0 Å². The Labute approximate surface area is 121 Å². The zero-order chi connectivity index (χ0) is 14.3. The Morgan fingerprint density at radius 1 is 1.10 bits per heavy atom. The van der Waals surface area contributed by atoms with E-state index in [9.17, 15) is 5.11 Å². The fourth-order valence-corrected chi connectivity index (χ4v) is 3.31. The van der Waals surface area contributed by atoms with Crippen molar-refractivity contribution in [2.75, 3.05) is 0 Å². The molecule has 0 aliphatic heterocycles. The molecular weight excluding hydrogens is 266 g/mol. The molecule has 0 saturated heterocycles. The highest BCUT2D eigenvalue weighted by molar-refractivity contribution is 7.19. The summed E-state index contributed by atoms with van der Waals surface area (Å²) in [6.07, 6.45) is 0. The van der Waals surface area contributed by atoms with Crippen LogP contribution in [0.3, 0.4) is 0 Å². The van der Waals surface area contributed by atoms with Gasteiger partial charge in [-0.1, -0.05) is 12.1 Å². The molecule has 3 rings (SSSR count). The SMILES string of the molecule is [C-]#[N+]c1cc(-c2ccc(C)c(O)c2)c2cc(C)sc2c1. The molecule has 0 aliphatic rings. The molecule has 0 fully saturated rings. The number of phenolic OH excluding ortho intramolecular Hbond substituents is 1. The van der Waals surface area contributed by atoms with Crippen molar-refractivity contribution < 1.29 is 5.11 Å². The first-order valence-electron chi connectivity index (χ1n) is 6.30. The predicted molar refractivity (Wildman–Crippen MR) is 84.7 cm³/mol. The van der Waals surface area contributed by atoms with Gasteiger partial charge in [-0.2, -0.15) is 0 Å². The van der Waals surface area contributed by atoms with Gasteiger partial charge in [0, 0.05) is 9.58 Å². The molecule has 0 bridgehead atoms. The molecule has 0 aliphatic carbocycles. The van der Waals surface area contributed by atoms with Gasteiger partial charge in [-0.3, -0.25) is 0 Å². The number of fused-ring (bicyclic) bond motifs is 1. The normalized spacial score (nSPS) is 10.7. The summed E-state index contributed by atoms with van der Waals surface area (Å²) in [6, 6.07) is 11.6. The third-order valence-electron chi connectivity index (χ3n) is 3.39. The monoisotopic (exact) mass is 279 g/mol. The molecule has 0 spiro atoms. The first-order chi connectivity index (χ1) is 9.58. The number of hydrogen-bond donors (Lipinski definition) is 1. The lowest BCUT2D eigenvalue weighted by molar-refractivity contribution is 0.471. The Morgan fingerprint density at radius 2 is 1.90 bits per heavy atom. The molecule has 1 aromatic heterocycles. The van der Waals surface area contributed by atoms with Gasteiger partial charge in [0.15, 0.2) is 5.69 Å². The van der Waals surface area contributed by atoms with Crippen LogP contribution in [0.15, 0.2) is 36.4 Å². The van der Waals surface area contributed by atoms with Crippen molar-refractivity contribution in [1.29, 1.82) is 0 Å². The van der Waals surface area contributed by atoms with Gasteiger partial charge in [-0.25, -0.2) is 4.85 Å². The van der Waals surface area contributed by atoms with Crippen LogP contribution in [0.5, 0.6) is 5.75 Å². The molecule has 0 amide bonds. The fraction of sp³-hybridized carbons (Fsp3) is 0.118. The maximum atomic E-state index is 9.91. The number of thiophene rings is 1. The average Bonchev–Trinajstić information content (AvgIpc) is 2.80. The highest BCUT2D eigenvalue weighted by atomic mass is 32.1. The molecule has 0 saturated carbocycles. The number of benzene rings is 2. The van der Waals surface area contributed by atoms with Gasteiger partial charge in [0.05, 0.1) is 6.57 Å². The molecule has 98 valence electrons. The van der Waals surface area contributed by atoms with Crippen molar-refractivity contribution >= 4 is 27.1 Å². The third-order valence-corrected chi connectivity index (χ3v) is 4.39. The minimum absolute atomic E-state index is 0.288. The van der Waals surface area contributed by atoms with E-state index >= 15 is 0 Å². The van der Waals surface area contributed by atoms with E-state index in [1.807, 2.05) is 31.2 Å². The van der Waals surface area contributed by atoms with E-state index in [2.05, 4.69) is 17.8 Å². The van der Waals surface area contributed by atoms with Crippen molar-refractivity contribution in [3.8, 4) is 16.9 Å². The van der Waals surface area contributed by atoms with E-state index in [0.29, 0.717) is 5.69 Å². The zero-order valence-corrected chi connectivity index (χ0v) is 12.1. The largest absolute Gasteiger partial charge is 0.508 e. The summed E-state index contributed by atoms with van der Waals surface area (Å²) >= 11 is 1.69. The van der Waals surface area contributed by atoms with Crippen LogP contribution in [0, 0.1) is 20.4 Å². The number of aryl methyl sites for hydroxylation is 2. The third kappa shape index (κ3) is 2.04. The molecular formula is C17H13NOS. The smallest absolute Gasteiger partial charge is 0.189 e. The van der Waals surface area contributed by atoms with Crippen LogP contribution in [0.4, 0.5) is 5.69 Å². The molecule has 0 atom stereocenters. The fourth-order valence-electron chi connectivity index (χ4n) is 2.33. The Kier molecular flexibility index (Phi) is 2.96. The molecule has 1 N–H and O–H groups in total. The van der Waals surface area contributed by atoms with Gasteiger partial charge in [0.1, 0.15) is 5.75 Å². The number of phenols is 1. The maximum absolute atomic E-state index is 9.91. The summed E-state index contributed by atoms with van der Waals surface area (Å²) in [5.41, 5.74) is 3.44. The summed E-state index contributed by atoms with van der Waals surface area (Å²) in [5, 5.41) is 11.0. The molecule has 3 aromatic rings. The summed E-state index contributed by atoms with van der Waals surface area (Å²) in [6.45, 7) is 11.2. The van der Waals surface area contributed by atoms with Crippen molar-refractivity contribution in [2.24, 2.45) is 0 Å². The Hall–Kier alpha value is -2.31. The first kappa shape index (κ1) is 12.7. The highest BCUT2D eigenvalue weighted by Crippen LogP contribution is 2.38. The van der Waals surface area contributed by atoms with E-state index in [1.165, 1.54) is 4.88 Å². The lowest BCUT2D eigenvalue weighted by Crippen LogP contribution is -1.81. The van der Waals surface area contributed by atoms with Crippen LogP contribution in [0.2, 0.25) is 0 Å². The second kappa shape index (κ2) is 4.66. The molecule has 2 nitrogen and oxygen atoms in total. The van der Waals surface area contributed by atoms with Crippen LogP contribution >= 0.6 is 11.3 Å². The quantitative estimate of drug-likeness (QED) is 0.589. The van der Waals surface area contributed by atoms with Crippen molar-refractivity contribution in [3.63, 3.8) is 0 Å². The Morgan fingerprint density at radius 3 is 2.60 bits per heavy atom. The summed E-state index contributed by atoms with van der Waals surface area (Å²) in [5.74, 6) is 0.288. The van der Waals surface area contributed by atoms with Crippen molar-refractivity contribution in [2.45, 2.75) is 13.8 Å². The van der Waals surface area contributed by atoms with E-state index < -0.39 is 0 Å². The Bertz CT molecular complexity index is 855. The van der Waals surface area contributed by atoms with E-state index in [0.717, 1.165) is 26.8 Å². The minimum atomic E-state index is 0.288. The Balaban J connectivity index is 2.33. The zero-order valence-electron chi connectivity index (χ0n) is 11.3. The molecule has 2 aromatic carbocycles. The number of rotatable bonds is 1. The van der Waals surface area contributed by atoms with E-state index in [-0.39, 0.29) is 5.75 Å². The van der Waals surface area contributed by atoms with Gasteiger partial charge < -0.3 is 5.11 Å². The predicted octanol–water partition coefficient (Wildman–Crippen LogP) is 5.44. The molecule has 0 unspecified atom stereocenters. The number of nitrogens with zero attached hydrogens (tertiary/aromatic N) is 1. The van der Waals surface area contributed by atoms with Gasteiger partial charge >= 0.3 is 0 Å². The maximum Gasteiger partial charge on any atom is 0.189 e. The molecule has 3 heteroatoms. The number of hydrogen-bond acceptors (Lipinski definition) is 2. The van der Waals surface area contributed by atoms with Crippen LogP contribution < -0.4 is 0 Å².